The third-order valence-corrected chi connectivity index (χ3v) is 5.98. The highest BCUT2D eigenvalue weighted by Crippen LogP contribution is 2.12. The average molecular weight is 415 g/mol. The molecular weight excluding hydrogens is 384 g/mol. The van der Waals surface area contributed by atoms with E-state index >= 15 is 0 Å². The van der Waals surface area contributed by atoms with Gasteiger partial charge in [0.15, 0.2) is 0 Å². The minimum absolute atomic E-state index is 0.127. The highest BCUT2D eigenvalue weighted by Gasteiger charge is 2.24. The molecule has 0 radical (unpaired) electrons. The summed E-state index contributed by atoms with van der Waals surface area (Å²) >= 11 is 0. The number of alkyl carbamates (subject to hydrolysis) is 1. The number of carbonyl (C=O) groups excluding carboxylic acids is 2. The van der Waals surface area contributed by atoms with Crippen molar-refractivity contribution in [2.24, 2.45) is 0 Å². The summed E-state index contributed by atoms with van der Waals surface area (Å²) in [5.41, 5.74) is 8.13. The summed E-state index contributed by atoms with van der Waals surface area (Å²) in [6, 6.07) is 16.6. The number of hydrogen-bond donors (Lipinski definition) is 2. The van der Waals surface area contributed by atoms with E-state index in [4.69, 9.17) is 15.2 Å². The van der Waals surface area contributed by atoms with Crippen LogP contribution in [-0.2, 0) is 27.3 Å². The Labute approximate surface area is 173 Å². The summed E-state index contributed by atoms with van der Waals surface area (Å²) < 4.78 is 10.7. The number of nitrogens with one attached hydrogen (secondary N) is 1. The van der Waals surface area contributed by atoms with Crippen molar-refractivity contribution in [3.63, 3.8) is 0 Å². The van der Waals surface area contributed by atoms with Crippen molar-refractivity contribution in [3.05, 3.63) is 65.7 Å². The van der Waals surface area contributed by atoms with Gasteiger partial charge in [0.05, 0.1) is 6.61 Å². The van der Waals surface area contributed by atoms with Gasteiger partial charge in [0.25, 0.3) is 0 Å². The summed E-state index contributed by atoms with van der Waals surface area (Å²) in [6.45, 7) is 7.11. The van der Waals surface area contributed by atoms with Crippen LogP contribution in [0, 0.1) is 0 Å². The first-order valence-electron chi connectivity index (χ1n) is 9.71. The minimum atomic E-state index is -1.33. The van der Waals surface area contributed by atoms with Crippen LogP contribution in [0.5, 0.6) is 0 Å². The molecule has 29 heavy (non-hydrogen) atoms. The summed E-state index contributed by atoms with van der Waals surface area (Å²) in [4.78, 5) is 24.9. The molecule has 3 N–H and O–H groups in total. The summed E-state index contributed by atoms with van der Waals surface area (Å²) in [7, 11) is -1.33. The molecule has 2 aromatic carbocycles. The van der Waals surface area contributed by atoms with Crippen LogP contribution in [0.3, 0.4) is 0 Å². The molecule has 2 aromatic rings. The zero-order valence-electron chi connectivity index (χ0n) is 17.3. The van der Waals surface area contributed by atoms with Crippen LogP contribution in [0.2, 0.25) is 25.7 Å². The summed E-state index contributed by atoms with van der Waals surface area (Å²) in [6.07, 6.45) is -0.387. The molecule has 0 aliphatic carbocycles. The van der Waals surface area contributed by atoms with E-state index in [9.17, 15) is 9.59 Å². The van der Waals surface area contributed by atoms with Gasteiger partial charge in [-0.15, -0.1) is 0 Å². The molecular formula is C22H30N2O4Si. The Kier molecular flexibility index (Phi) is 8.27. The van der Waals surface area contributed by atoms with Gasteiger partial charge < -0.3 is 20.5 Å². The maximum atomic E-state index is 12.6. The van der Waals surface area contributed by atoms with E-state index in [2.05, 4.69) is 25.0 Å². The van der Waals surface area contributed by atoms with Gasteiger partial charge in [-0.05, 0) is 29.3 Å². The van der Waals surface area contributed by atoms with Gasteiger partial charge in [0.2, 0.25) is 0 Å². The Bertz CT molecular complexity index is 806. The number of nitrogen functional groups attached to an aromatic ring is 1. The second-order valence-electron chi connectivity index (χ2n) is 8.19. The second-order valence-corrected chi connectivity index (χ2v) is 13.8. The fourth-order valence-electron chi connectivity index (χ4n) is 2.61. The Balaban J connectivity index is 1.98. The molecule has 7 heteroatoms. The molecule has 0 fully saturated rings. The van der Waals surface area contributed by atoms with Gasteiger partial charge in [-0.25, -0.2) is 9.59 Å². The monoisotopic (exact) mass is 414 g/mol. The van der Waals surface area contributed by atoms with E-state index in [1.54, 1.807) is 12.1 Å². The first kappa shape index (κ1) is 22.5. The van der Waals surface area contributed by atoms with Gasteiger partial charge >= 0.3 is 12.1 Å². The van der Waals surface area contributed by atoms with E-state index in [0.717, 1.165) is 17.2 Å². The standard InChI is InChI=1S/C22H30N2O4Si/c1-29(2,3)13-12-27-21(25)20(15-18-10-7-11-19(23)14-18)24-22(26)28-16-17-8-5-4-6-9-17/h4-11,14,20H,12-13,15-16,23H2,1-3H3,(H,24,26)/t20-/m0/s1. The smallest absolute Gasteiger partial charge is 0.408 e. The number of rotatable bonds is 9. The molecule has 156 valence electrons. The molecule has 1 atom stereocenters. The van der Waals surface area contributed by atoms with Crippen molar-refractivity contribution >= 4 is 25.8 Å². The van der Waals surface area contributed by atoms with E-state index < -0.39 is 26.2 Å². The Hall–Kier alpha value is -2.80. The largest absolute Gasteiger partial charge is 0.464 e. The molecule has 0 bridgehead atoms. The number of ether oxygens (including phenoxy) is 2. The molecule has 0 saturated heterocycles. The van der Waals surface area contributed by atoms with Crippen LogP contribution < -0.4 is 11.1 Å². The highest BCUT2D eigenvalue weighted by atomic mass is 28.3. The lowest BCUT2D eigenvalue weighted by Crippen LogP contribution is -2.44. The SMILES string of the molecule is C[Si](C)(C)CCOC(=O)[C@H](Cc1cccc(N)c1)NC(=O)OCc1ccccc1. The Morgan fingerprint density at radius 1 is 1.00 bits per heavy atom. The zero-order valence-corrected chi connectivity index (χ0v) is 18.3. The predicted molar refractivity (Wildman–Crippen MR) is 117 cm³/mol. The number of carbonyl (C=O) groups is 2. The first-order valence-corrected chi connectivity index (χ1v) is 13.4. The minimum Gasteiger partial charge on any atom is -0.464 e. The summed E-state index contributed by atoms with van der Waals surface area (Å²) in [5, 5.41) is 2.64. The maximum Gasteiger partial charge on any atom is 0.408 e. The third-order valence-electron chi connectivity index (χ3n) is 4.28. The zero-order chi connectivity index (χ0) is 21.3. The quantitative estimate of drug-likeness (QED) is 0.368. The number of nitrogens with two attached hydrogens (primary N) is 1. The van der Waals surface area contributed by atoms with Gasteiger partial charge in [-0.3, -0.25) is 0 Å². The molecule has 0 aromatic heterocycles. The fourth-order valence-corrected chi connectivity index (χ4v) is 3.33. The number of amides is 1. The van der Waals surface area contributed by atoms with Crippen LogP contribution in [-0.4, -0.2) is 32.8 Å². The van der Waals surface area contributed by atoms with Crippen LogP contribution in [0.1, 0.15) is 11.1 Å². The van der Waals surface area contributed by atoms with E-state index in [1.807, 2.05) is 42.5 Å². The second kappa shape index (κ2) is 10.7. The third kappa shape index (κ3) is 8.82. The molecule has 0 aliphatic heterocycles. The number of benzene rings is 2. The number of esters is 1. The van der Waals surface area contributed by atoms with E-state index in [-0.39, 0.29) is 13.0 Å². The molecule has 0 saturated carbocycles. The van der Waals surface area contributed by atoms with Crippen molar-refractivity contribution in [1.29, 1.82) is 0 Å². The number of anilines is 1. The average Bonchev–Trinajstić information content (AvgIpc) is 2.65. The van der Waals surface area contributed by atoms with E-state index in [1.165, 1.54) is 0 Å². The topological polar surface area (TPSA) is 90.6 Å². The normalized spacial score (nSPS) is 12.1. The lowest BCUT2D eigenvalue weighted by atomic mass is 10.1. The molecule has 0 unspecified atom stereocenters. The maximum absolute atomic E-state index is 12.6. The van der Waals surface area contributed by atoms with Crippen molar-refractivity contribution in [1.82, 2.24) is 5.32 Å². The fraction of sp³-hybridized carbons (Fsp3) is 0.364. The van der Waals surface area contributed by atoms with Crippen molar-refractivity contribution < 1.29 is 19.1 Å². The molecule has 0 aliphatic rings. The van der Waals surface area contributed by atoms with Gasteiger partial charge in [-0.2, -0.15) is 0 Å². The van der Waals surface area contributed by atoms with Crippen LogP contribution in [0.15, 0.2) is 54.6 Å². The van der Waals surface area contributed by atoms with Crippen molar-refractivity contribution in [3.8, 4) is 0 Å². The molecule has 1 amide bonds. The van der Waals surface area contributed by atoms with Gasteiger partial charge in [0, 0.05) is 20.2 Å². The lowest BCUT2D eigenvalue weighted by Gasteiger charge is -2.20. The first-order chi connectivity index (χ1) is 13.7. The molecule has 0 spiro atoms. The van der Waals surface area contributed by atoms with E-state index in [0.29, 0.717) is 12.3 Å². The van der Waals surface area contributed by atoms with Crippen molar-refractivity contribution in [2.45, 2.75) is 44.8 Å². The number of hydrogen-bond acceptors (Lipinski definition) is 5. The summed E-state index contributed by atoms with van der Waals surface area (Å²) in [5.74, 6) is -0.470. The highest BCUT2D eigenvalue weighted by molar-refractivity contribution is 6.76. The molecule has 2 rings (SSSR count). The van der Waals surface area contributed by atoms with Crippen LogP contribution in [0.4, 0.5) is 10.5 Å². The van der Waals surface area contributed by atoms with Gasteiger partial charge in [-0.1, -0.05) is 62.1 Å². The van der Waals surface area contributed by atoms with Crippen molar-refractivity contribution in [2.75, 3.05) is 12.3 Å². The Morgan fingerprint density at radius 3 is 2.34 bits per heavy atom. The van der Waals surface area contributed by atoms with Crippen LogP contribution >= 0.6 is 0 Å². The predicted octanol–water partition coefficient (Wildman–Crippen LogP) is 3.99. The lowest BCUT2D eigenvalue weighted by molar-refractivity contribution is -0.145. The Morgan fingerprint density at radius 2 is 1.69 bits per heavy atom. The molecule has 0 heterocycles. The van der Waals surface area contributed by atoms with Crippen LogP contribution in [0.25, 0.3) is 0 Å². The van der Waals surface area contributed by atoms with Gasteiger partial charge in [0.1, 0.15) is 12.6 Å². The molecule has 6 nitrogen and oxygen atoms in total.